The minimum Gasteiger partial charge on any atom is -0.459 e. The molecule has 30 heavy (non-hydrogen) atoms. The van der Waals surface area contributed by atoms with Gasteiger partial charge in [-0.05, 0) is 30.7 Å². The average Bonchev–Trinajstić information content (AvgIpc) is 3.42. The van der Waals surface area contributed by atoms with Gasteiger partial charge in [0.05, 0.1) is 17.6 Å². The van der Waals surface area contributed by atoms with Crippen molar-refractivity contribution in [3.05, 3.63) is 89.6 Å². The summed E-state index contributed by atoms with van der Waals surface area (Å²) in [5.41, 5.74) is 2.88. The van der Waals surface area contributed by atoms with Crippen molar-refractivity contribution < 1.29 is 9.21 Å². The van der Waals surface area contributed by atoms with Crippen LogP contribution in [0.25, 0.3) is 11.3 Å². The van der Waals surface area contributed by atoms with Crippen LogP contribution < -0.4 is 10.1 Å². The van der Waals surface area contributed by atoms with E-state index < -0.39 is 0 Å². The number of nitrogens with one attached hydrogen (secondary N) is 1. The van der Waals surface area contributed by atoms with Gasteiger partial charge in [-0.15, -0.1) is 0 Å². The summed E-state index contributed by atoms with van der Waals surface area (Å²) < 4.78 is 7.48. The van der Waals surface area contributed by atoms with Crippen LogP contribution in [0.15, 0.2) is 88.5 Å². The lowest BCUT2D eigenvalue weighted by Crippen LogP contribution is -2.16. The van der Waals surface area contributed by atoms with E-state index in [0.717, 1.165) is 46.1 Å². The molecule has 5 nitrogen and oxygen atoms in total. The van der Waals surface area contributed by atoms with Crippen LogP contribution in [0.2, 0.25) is 0 Å². The number of para-hydroxylation sites is 1. The summed E-state index contributed by atoms with van der Waals surface area (Å²) in [6.45, 7) is 2.99. The van der Waals surface area contributed by atoms with Crippen LogP contribution in [-0.2, 0) is 6.54 Å². The second kappa shape index (κ2) is 9.41. The number of aromatic nitrogens is 1. The number of carbonyl (C=O) groups excluding carboxylic acids is 1. The predicted octanol–water partition coefficient (Wildman–Crippen LogP) is 6.09. The fourth-order valence-electron chi connectivity index (χ4n) is 3.17. The Balaban J connectivity index is 1.87. The van der Waals surface area contributed by atoms with Gasteiger partial charge in [-0.3, -0.25) is 4.79 Å². The zero-order valence-corrected chi connectivity index (χ0v) is 17.6. The molecule has 0 aliphatic heterocycles. The van der Waals surface area contributed by atoms with Gasteiger partial charge in [0.15, 0.2) is 10.6 Å². The number of amides is 1. The zero-order valence-electron chi connectivity index (χ0n) is 16.7. The Bertz CT molecular complexity index is 1160. The van der Waals surface area contributed by atoms with Crippen LogP contribution in [-0.4, -0.2) is 10.5 Å². The lowest BCUT2D eigenvalue weighted by molar-refractivity contribution is 0.0997. The molecule has 0 aliphatic carbocycles. The van der Waals surface area contributed by atoms with E-state index in [0.29, 0.717) is 0 Å². The Morgan fingerprint density at radius 1 is 1.03 bits per heavy atom. The predicted molar refractivity (Wildman–Crippen MR) is 121 cm³/mol. The third-order valence-electron chi connectivity index (χ3n) is 4.64. The molecule has 0 saturated heterocycles. The van der Waals surface area contributed by atoms with Crippen molar-refractivity contribution in [2.24, 2.45) is 4.99 Å². The number of furan rings is 1. The zero-order chi connectivity index (χ0) is 20.8. The SMILES string of the molecule is CCCCn1c(-c2ccccc2)c(NC(=O)c2ccco2)sc1=Nc1ccccc1. The number of hydrogen-bond acceptors (Lipinski definition) is 4. The first-order chi connectivity index (χ1) is 14.8. The van der Waals surface area contributed by atoms with Gasteiger partial charge in [0.1, 0.15) is 5.00 Å². The van der Waals surface area contributed by atoms with Gasteiger partial charge in [0.25, 0.3) is 5.91 Å². The molecule has 0 fully saturated rings. The maximum absolute atomic E-state index is 12.7. The highest BCUT2D eigenvalue weighted by atomic mass is 32.1. The first-order valence-electron chi connectivity index (χ1n) is 10.00. The number of unbranched alkanes of at least 4 members (excludes halogenated alkanes) is 1. The summed E-state index contributed by atoms with van der Waals surface area (Å²) in [5.74, 6) is 0.0106. The normalized spacial score (nSPS) is 11.6. The van der Waals surface area contributed by atoms with E-state index >= 15 is 0 Å². The molecular formula is C24H23N3O2S. The van der Waals surface area contributed by atoms with E-state index in [2.05, 4.69) is 28.9 Å². The number of thiazole rings is 1. The minimum absolute atomic E-state index is 0.271. The number of benzene rings is 2. The molecule has 1 N–H and O–H groups in total. The van der Waals surface area contributed by atoms with Crippen LogP contribution >= 0.6 is 11.3 Å². The summed E-state index contributed by atoms with van der Waals surface area (Å²) in [5, 5.41) is 3.80. The molecule has 0 atom stereocenters. The van der Waals surface area contributed by atoms with Crippen molar-refractivity contribution in [2.75, 3.05) is 5.32 Å². The quantitative estimate of drug-likeness (QED) is 0.395. The lowest BCUT2D eigenvalue weighted by Gasteiger charge is -2.11. The Labute approximate surface area is 179 Å². The van der Waals surface area contributed by atoms with Crippen molar-refractivity contribution in [2.45, 2.75) is 26.3 Å². The maximum atomic E-state index is 12.7. The highest BCUT2D eigenvalue weighted by Gasteiger charge is 2.19. The van der Waals surface area contributed by atoms with Crippen molar-refractivity contribution in [1.29, 1.82) is 0 Å². The number of carbonyl (C=O) groups is 1. The Hall–Kier alpha value is -3.38. The number of rotatable bonds is 7. The molecule has 0 unspecified atom stereocenters. The topological polar surface area (TPSA) is 59.5 Å². The summed E-state index contributed by atoms with van der Waals surface area (Å²) in [6, 6.07) is 23.4. The standard InChI is InChI=1S/C24H23N3O2S/c1-2-3-16-27-21(18-11-6-4-7-12-18)23(26-22(28)20-15-10-17-29-20)30-24(27)25-19-13-8-5-9-14-19/h4-15,17H,2-3,16H2,1H3,(H,26,28). The molecule has 2 aromatic heterocycles. The molecule has 0 bridgehead atoms. The van der Waals surface area contributed by atoms with Gasteiger partial charge in [0, 0.05) is 12.1 Å². The molecule has 0 radical (unpaired) electrons. The smallest absolute Gasteiger partial charge is 0.292 e. The molecule has 152 valence electrons. The molecule has 0 aliphatic rings. The number of hydrogen-bond donors (Lipinski definition) is 1. The van der Waals surface area contributed by atoms with E-state index in [1.165, 1.54) is 17.6 Å². The Morgan fingerprint density at radius 2 is 1.77 bits per heavy atom. The molecule has 2 aromatic carbocycles. The third kappa shape index (κ3) is 4.44. The van der Waals surface area contributed by atoms with Crippen LogP contribution in [0.5, 0.6) is 0 Å². The van der Waals surface area contributed by atoms with E-state index in [4.69, 9.17) is 9.41 Å². The summed E-state index contributed by atoms with van der Waals surface area (Å²) in [6.07, 6.45) is 3.58. The highest BCUT2D eigenvalue weighted by Crippen LogP contribution is 2.32. The monoisotopic (exact) mass is 417 g/mol. The molecule has 4 rings (SSSR count). The summed E-state index contributed by atoms with van der Waals surface area (Å²) >= 11 is 1.47. The van der Waals surface area contributed by atoms with Gasteiger partial charge >= 0.3 is 0 Å². The van der Waals surface area contributed by atoms with Crippen LogP contribution in [0.3, 0.4) is 0 Å². The largest absolute Gasteiger partial charge is 0.459 e. The molecule has 0 saturated carbocycles. The van der Waals surface area contributed by atoms with Gasteiger partial charge in [-0.25, -0.2) is 4.99 Å². The highest BCUT2D eigenvalue weighted by molar-refractivity contribution is 7.14. The Kier molecular flexibility index (Phi) is 6.25. The molecular weight excluding hydrogens is 394 g/mol. The maximum Gasteiger partial charge on any atom is 0.292 e. The van der Waals surface area contributed by atoms with Gasteiger partial charge < -0.3 is 14.3 Å². The fraction of sp³-hybridized carbons (Fsp3) is 0.167. The minimum atomic E-state index is -0.271. The lowest BCUT2D eigenvalue weighted by atomic mass is 10.1. The summed E-state index contributed by atoms with van der Waals surface area (Å²) in [4.78, 5) is 18.4. The van der Waals surface area contributed by atoms with Crippen LogP contribution in [0, 0.1) is 0 Å². The van der Waals surface area contributed by atoms with E-state index in [-0.39, 0.29) is 11.7 Å². The van der Waals surface area contributed by atoms with E-state index in [9.17, 15) is 4.79 Å². The fourth-order valence-corrected chi connectivity index (χ4v) is 4.27. The molecule has 1 amide bonds. The molecule has 0 spiro atoms. The van der Waals surface area contributed by atoms with Crippen molar-refractivity contribution in [3.63, 3.8) is 0 Å². The first kappa shape index (κ1) is 19.9. The van der Waals surface area contributed by atoms with Crippen LogP contribution in [0.4, 0.5) is 10.7 Å². The Morgan fingerprint density at radius 3 is 2.43 bits per heavy atom. The van der Waals surface area contributed by atoms with Crippen molar-refractivity contribution in [3.8, 4) is 11.3 Å². The third-order valence-corrected chi connectivity index (χ3v) is 5.64. The second-order valence-corrected chi connectivity index (χ2v) is 7.79. The van der Waals surface area contributed by atoms with Gasteiger partial charge in [-0.1, -0.05) is 73.2 Å². The number of anilines is 1. The van der Waals surface area contributed by atoms with Gasteiger partial charge in [-0.2, -0.15) is 0 Å². The van der Waals surface area contributed by atoms with E-state index in [1.54, 1.807) is 12.1 Å². The molecule has 4 aromatic rings. The van der Waals surface area contributed by atoms with Gasteiger partial charge in [0.2, 0.25) is 0 Å². The van der Waals surface area contributed by atoms with Crippen molar-refractivity contribution >= 4 is 27.9 Å². The molecule has 6 heteroatoms. The number of nitrogens with zero attached hydrogens (tertiary/aromatic N) is 2. The average molecular weight is 418 g/mol. The van der Waals surface area contributed by atoms with Crippen LogP contribution in [0.1, 0.15) is 30.3 Å². The molecule has 2 heterocycles. The second-order valence-electron chi connectivity index (χ2n) is 6.81. The first-order valence-corrected chi connectivity index (χ1v) is 10.8. The van der Waals surface area contributed by atoms with Crippen molar-refractivity contribution in [1.82, 2.24) is 4.57 Å². The van der Waals surface area contributed by atoms with E-state index in [1.807, 2.05) is 48.5 Å². The summed E-state index contributed by atoms with van der Waals surface area (Å²) in [7, 11) is 0.